The Balaban J connectivity index is 2.25. The van der Waals surface area contributed by atoms with Crippen LogP contribution in [0.5, 0.6) is 0 Å². The van der Waals surface area contributed by atoms with E-state index in [1.54, 1.807) is 0 Å². The number of hydrogen-bond acceptors (Lipinski definition) is 2. The molecule has 0 spiro atoms. The summed E-state index contributed by atoms with van der Waals surface area (Å²) in [6.45, 7) is 10.9. The van der Waals surface area contributed by atoms with E-state index in [0.29, 0.717) is 11.8 Å². The molecule has 0 unspecified atom stereocenters. The molecule has 2 aromatic rings. The molecule has 20 heavy (non-hydrogen) atoms. The summed E-state index contributed by atoms with van der Waals surface area (Å²) in [5.74, 6) is 1.98. The number of benzene rings is 1. The largest absolute Gasteiger partial charge is 0.236 e. The highest BCUT2D eigenvalue weighted by Gasteiger charge is 2.08. The van der Waals surface area contributed by atoms with E-state index in [1.165, 1.54) is 11.1 Å². The average Bonchev–Trinajstić information content (AvgIpc) is 2.38. The Labute approximate surface area is 122 Å². The highest BCUT2D eigenvalue weighted by Crippen LogP contribution is 2.21. The molecule has 0 bridgehead atoms. The van der Waals surface area contributed by atoms with E-state index in [9.17, 15) is 0 Å². The minimum Gasteiger partial charge on any atom is -0.236 e. The fourth-order valence-electron chi connectivity index (χ4n) is 2.44. The van der Waals surface area contributed by atoms with Gasteiger partial charge in [0.15, 0.2) is 5.82 Å². The Bertz CT molecular complexity index is 568. The summed E-state index contributed by atoms with van der Waals surface area (Å²) in [4.78, 5) is 9.15. The molecule has 0 atom stereocenters. The van der Waals surface area contributed by atoms with E-state index >= 15 is 0 Å². The Hall–Kier alpha value is -1.70. The van der Waals surface area contributed by atoms with Crippen LogP contribution in [0.1, 0.15) is 50.4 Å². The van der Waals surface area contributed by atoms with Crippen LogP contribution in [0.25, 0.3) is 11.4 Å². The van der Waals surface area contributed by atoms with Crippen LogP contribution in [0.15, 0.2) is 30.5 Å². The number of aromatic nitrogens is 2. The quantitative estimate of drug-likeness (QED) is 0.798. The first-order valence-corrected chi connectivity index (χ1v) is 7.40. The second kappa shape index (κ2) is 6.17. The van der Waals surface area contributed by atoms with Crippen molar-refractivity contribution in [2.45, 2.75) is 47.0 Å². The third-order valence-electron chi connectivity index (χ3n) is 3.50. The van der Waals surface area contributed by atoms with Gasteiger partial charge in [-0.1, -0.05) is 52.0 Å². The van der Waals surface area contributed by atoms with Crippen LogP contribution in [0.2, 0.25) is 0 Å². The Morgan fingerprint density at radius 1 is 1.00 bits per heavy atom. The van der Waals surface area contributed by atoms with E-state index in [0.717, 1.165) is 23.5 Å². The van der Waals surface area contributed by atoms with Crippen LogP contribution in [-0.4, -0.2) is 9.97 Å². The van der Waals surface area contributed by atoms with Gasteiger partial charge in [-0.3, -0.25) is 0 Å². The molecule has 1 aromatic carbocycles. The lowest BCUT2D eigenvalue weighted by atomic mass is 10.0. The molecule has 2 rings (SSSR count). The van der Waals surface area contributed by atoms with Gasteiger partial charge in [0.2, 0.25) is 0 Å². The van der Waals surface area contributed by atoms with Crippen molar-refractivity contribution in [2.24, 2.45) is 5.92 Å². The Morgan fingerprint density at radius 3 is 2.15 bits per heavy atom. The first-order valence-electron chi connectivity index (χ1n) is 7.40. The number of rotatable bonds is 4. The Kier molecular flexibility index (Phi) is 4.53. The summed E-state index contributed by atoms with van der Waals surface area (Å²) in [5, 5.41) is 0. The minimum atomic E-state index is 0.470. The third-order valence-corrected chi connectivity index (χ3v) is 3.50. The predicted octanol–water partition coefficient (Wildman–Crippen LogP) is 4.77. The van der Waals surface area contributed by atoms with Crippen molar-refractivity contribution in [3.8, 4) is 11.4 Å². The highest BCUT2D eigenvalue weighted by molar-refractivity contribution is 5.55. The molecule has 0 saturated carbocycles. The Morgan fingerprint density at radius 2 is 1.65 bits per heavy atom. The van der Waals surface area contributed by atoms with Gasteiger partial charge < -0.3 is 0 Å². The molecule has 0 amide bonds. The lowest BCUT2D eigenvalue weighted by molar-refractivity contribution is 0.647. The van der Waals surface area contributed by atoms with Crippen LogP contribution in [0.4, 0.5) is 0 Å². The highest BCUT2D eigenvalue weighted by atomic mass is 14.9. The monoisotopic (exact) mass is 268 g/mol. The summed E-state index contributed by atoms with van der Waals surface area (Å²) in [7, 11) is 0. The molecule has 0 fully saturated rings. The molecule has 0 saturated heterocycles. The van der Waals surface area contributed by atoms with Crippen LogP contribution < -0.4 is 0 Å². The molecule has 0 N–H and O–H groups in total. The number of aryl methyl sites for hydroxylation is 1. The fourth-order valence-corrected chi connectivity index (χ4v) is 2.44. The van der Waals surface area contributed by atoms with Crippen molar-refractivity contribution >= 4 is 0 Å². The maximum absolute atomic E-state index is 4.64. The van der Waals surface area contributed by atoms with Crippen molar-refractivity contribution in [3.05, 3.63) is 47.3 Å². The molecule has 0 radical (unpaired) electrons. The summed E-state index contributed by atoms with van der Waals surface area (Å²) in [6, 6.07) is 8.62. The molecule has 1 heterocycles. The molecule has 0 aliphatic rings. The maximum Gasteiger partial charge on any atom is 0.159 e. The van der Waals surface area contributed by atoms with Crippen molar-refractivity contribution in [2.75, 3.05) is 0 Å². The zero-order chi connectivity index (χ0) is 14.7. The van der Waals surface area contributed by atoms with Crippen LogP contribution >= 0.6 is 0 Å². The van der Waals surface area contributed by atoms with Gasteiger partial charge in [-0.2, -0.15) is 0 Å². The second-order valence-corrected chi connectivity index (χ2v) is 6.18. The topological polar surface area (TPSA) is 25.8 Å². The summed E-state index contributed by atoms with van der Waals surface area (Å²) in [6.07, 6.45) is 3.08. The smallest absolute Gasteiger partial charge is 0.159 e. The molecular weight excluding hydrogens is 244 g/mol. The van der Waals surface area contributed by atoms with E-state index < -0.39 is 0 Å². The van der Waals surface area contributed by atoms with Gasteiger partial charge in [-0.15, -0.1) is 0 Å². The normalized spacial score (nSPS) is 11.3. The van der Waals surface area contributed by atoms with Crippen molar-refractivity contribution in [3.63, 3.8) is 0 Å². The van der Waals surface area contributed by atoms with E-state index in [4.69, 9.17) is 0 Å². The second-order valence-electron chi connectivity index (χ2n) is 6.18. The van der Waals surface area contributed by atoms with Crippen LogP contribution in [-0.2, 0) is 6.42 Å². The van der Waals surface area contributed by atoms with Crippen LogP contribution in [0.3, 0.4) is 0 Å². The first-order chi connectivity index (χ1) is 9.47. The van der Waals surface area contributed by atoms with E-state index in [2.05, 4.69) is 68.9 Å². The minimum absolute atomic E-state index is 0.470. The van der Waals surface area contributed by atoms with Crippen molar-refractivity contribution in [1.82, 2.24) is 9.97 Å². The van der Waals surface area contributed by atoms with Crippen molar-refractivity contribution in [1.29, 1.82) is 0 Å². The molecule has 0 aliphatic heterocycles. The van der Waals surface area contributed by atoms with E-state index in [-0.39, 0.29) is 0 Å². The lowest BCUT2D eigenvalue weighted by Gasteiger charge is -2.10. The van der Waals surface area contributed by atoms with Crippen molar-refractivity contribution < 1.29 is 0 Å². The molecule has 0 aliphatic carbocycles. The van der Waals surface area contributed by atoms with Gasteiger partial charge in [0.25, 0.3) is 0 Å². The zero-order valence-corrected chi connectivity index (χ0v) is 13.1. The lowest BCUT2D eigenvalue weighted by Crippen LogP contribution is -2.00. The summed E-state index contributed by atoms with van der Waals surface area (Å²) >= 11 is 0. The zero-order valence-electron chi connectivity index (χ0n) is 13.1. The van der Waals surface area contributed by atoms with Gasteiger partial charge in [-0.25, -0.2) is 9.97 Å². The SMILES string of the molecule is Cc1nc(-c2ccc(CC(C)C)cc2)ncc1C(C)C. The summed E-state index contributed by atoms with van der Waals surface area (Å²) < 4.78 is 0. The fraction of sp³-hybridized carbons (Fsp3) is 0.444. The predicted molar refractivity (Wildman–Crippen MR) is 84.8 cm³/mol. The first kappa shape index (κ1) is 14.7. The maximum atomic E-state index is 4.64. The van der Waals surface area contributed by atoms with Gasteiger partial charge >= 0.3 is 0 Å². The molecule has 106 valence electrons. The van der Waals surface area contributed by atoms with Gasteiger partial charge in [0, 0.05) is 17.5 Å². The molecule has 1 aromatic heterocycles. The van der Waals surface area contributed by atoms with Gasteiger partial charge in [-0.05, 0) is 36.3 Å². The molecule has 2 heteroatoms. The van der Waals surface area contributed by atoms with Gasteiger partial charge in [0.05, 0.1) is 0 Å². The molecule has 2 nitrogen and oxygen atoms in total. The van der Waals surface area contributed by atoms with Crippen LogP contribution in [0, 0.1) is 12.8 Å². The summed E-state index contributed by atoms with van der Waals surface area (Å²) in [5.41, 5.74) is 4.77. The van der Waals surface area contributed by atoms with E-state index in [1.807, 2.05) is 6.20 Å². The van der Waals surface area contributed by atoms with Gasteiger partial charge in [0.1, 0.15) is 0 Å². The number of nitrogens with zero attached hydrogens (tertiary/aromatic N) is 2. The standard InChI is InChI=1S/C18H24N2/c1-12(2)10-15-6-8-16(9-7-15)18-19-11-17(13(3)4)14(5)20-18/h6-9,11-13H,10H2,1-5H3. The average molecular weight is 268 g/mol. The number of hydrogen-bond donors (Lipinski definition) is 0. The third kappa shape index (κ3) is 3.44. The molecular formula is C18H24N2.